The van der Waals surface area contributed by atoms with Gasteiger partial charge in [-0.25, -0.2) is 0 Å². The maximum Gasteiger partial charge on any atom is 0.324 e. The second-order valence-electron chi connectivity index (χ2n) is 6.64. The molecule has 0 atom stereocenters. The number of esters is 2. The van der Waals surface area contributed by atoms with Gasteiger partial charge in [0.25, 0.3) is 0 Å². The van der Waals surface area contributed by atoms with E-state index >= 15 is 0 Å². The number of carbonyl (C=O) groups is 2. The zero-order valence-electron chi connectivity index (χ0n) is 14.8. The van der Waals surface area contributed by atoms with Crippen molar-refractivity contribution in [2.45, 2.75) is 33.0 Å². The first-order chi connectivity index (χ1) is 12.6. The summed E-state index contributed by atoms with van der Waals surface area (Å²) >= 11 is 0. The molecule has 0 spiro atoms. The Hall–Kier alpha value is -2.88. The summed E-state index contributed by atoms with van der Waals surface area (Å²) in [6.07, 6.45) is 2.57. The van der Waals surface area contributed by atoms with Crippen LogP contribution in [0.5, 0.6) is 0 Å². The van der Waals surface area contributed by atoms with Gasteiger partial charge in [-0.3, -0.25) is 9.59 Å². The van der Waals surface area contributed by atoms with Crippen molar-refractivity contribution >= 4 is 11.9 Å². The van der Waals surface area contributed by atoms with Crippen LogP contribution >= 0.6 is 0 Å². The standard InChI is InChI=1S/C22H22O4/c1-17-12-13-22(14-17,20(23)25-15-18-8-4-2-5-9-18)21(24)26-16-19-10-6-3-7-11-19/h2-12H,13-16H2,1H3. The minimum atomic E-state index is -1.27. The number of allylic oxidation sites excluding steroid dienone is 2. The van der Waals surface area contributed by atoms with Crippen LogP contribution in [0.15, 0.2) is 72.3 Å². The van der Waals surface area contributed by atoms with Crippen LogP contribution in [0.1, 0.15) is 30.9 Å². The van der Waals surface area contributed by atoms with E-state index in [2.05, 4.69) is 0 Å². The molecule has 4 nitrogen and oxygen atoms in total. The van der Waals surface area contributed by atoms with Gasteiger partial charge in [0, 0.05) is 0 Å². The second-order valence-corrected chi connectivity index (χ2v) is 6.64. The summed E-state index contributed by atoms with van der Waals surface area (Å²) in [5, 5.41) is 0. The van der Waals surface area contributed by atoms with Crippen LogP contribution in [0.3, 0.4) is 0 Å². The van der Waals surface area contributed by atoms with Crippen LogP contribution < -0.4 is 0 Å². The summed E-state index contributed by atoms with van der Waals surface area (Å²) in [4.78, 5) is 25.6. The third-order valence-electron chi connectivity index (χ3n) is 4.59. The number of carbonyl (C=O) groups excluding carboxylic acids is 2. The van der Waals surface area contributed by atoms with Gasteiger partial charge in [-0.1, -0.05) is 72.3 Å². The van der Waals surface area contributed by atoms with Gasteiger partial charge in [-0.05, 0) is 30.9 Å². The first kappa shape index (κ1) is 17.9. The summed E-state index contributed by atoms with van der Waals surface area (Å²) in [6.45, 7) is 2.20. The molecular weight excluding hydrogens is 328 g/mol. The molecule has 0 bridgehead atoms. The van der Waals surface area contributed by atoms with E-state index in [0.29, 0.717) is 12.8 Å². The van der Waals surface area contributed by atoms with Gasteiger partial charge in [0.2, 0.25) is 0 Å². The fourth-order valence-electron chi connectivity index (χ4n) is 3.09. The van der Waals surface area contributed by atoms with Crippen molar-refractivity contribution in [2.75, 3.05) is 0 Å². The Balaban J connectivity index is 1.67. The minimum absolute atomic E-state index is 0.145. The zero-order valence-corrected chi connectivity index (χ0v) is 14.8. The fraction of sp³-hybridized carbons (Fsp3) is 0.273. The molecule has 0 saturated carbocycles. The van der Waals surface area contributed by atoms with Crippen LogP contribution in [0.2, 0.25) is 0 Å². The fourth-order valence-corrected chi connectivity index (χ4v) is 3.09. The number of rotatable bonds is 6. The Kier molecular flexibility index (Phi) is 5.52. The van der Waals surface area contributed by atoms with E-state index in [0.717, 1.165) is 16.7 Å². The molecule has 2 aromatic rings. The molecule has 0 N–H and O–H groups in total. The average molecular weight is 350 g/mol. The SMILES string of the molecule is CC1=CCC(C(=O)OCc2ccccc2)(C(=O)OCc2ccccc2)C1. The van der Waals surface area contributed by atoms with Crippen molar-refractivity contribution in [3.05, 3.63) is 83.4 Å². The molecule has 134 valence electrons. The molecule has 2 aromatic carbocycles. The van der Waals surface area contributed by atoms with Gasteiger partial charge in [-0.2, -0.15) is 0 Å². The van der Waals surface area contributed by atoms with E-state index in [4.69, 9.17) is 9.47 Å². The molecule has 26 heavy (non-hydrogen) atoms. The molecule has 0 heterocycles. The van der Waals surface area contributed by atoms with Crippen LogP contribution in [-0.2, 0) is 32.3 Å². The Labute approximate surface area is 153 Å². The molecule has 1 aliphatic carbocycles. The topological polar surface area (TPSA) is 52.6 Å². The maximum absolute atomic E-state index is 12.8. The molecule has 0 unspecified atom stereocenters. The molecule has 0 aliphatic heterocycles. The summed E-state index contributed by atoms with van der Waals surface area (Å²) in [6, 6.07) is 18.9. The quantitative estimate of drug-likeness (QED) is 0.445. The summed E-state index contributed by atoms with van der Waals surface area (Å²) < 4.78 is 10.9. The first-order valence-electron chi connectivity index (χ1n) is 8.68. The van der Waals surface area contributed by atoms with Crippen molar-refractivity contribution in [1.29, 1.82) is 0 Å². The lowest BCUT2D eigenvalue weighted by Gasteiger charge is -2.25. The van der Waals surface area contributed by atoms with Gasteiger partial charge >= 0.3 is 11.9 Å². The van der Waals surface area contributed by atoms with Crippen molar-refractivity contribution in [3.63, 3.8) is 0 Å². The van der Waals surface area contributed by atoms with E-state index in [-0.39, 0.29) is 13.2 Å². The molecule has 4 heteroatoms. The monoisotopic (exact) mass is 350 g/mol. The Morgan fingerprint density at radius 2 is 1.31 bits per heavy atom. The van der Waals surface area contributed by atoms with E-state index in [9.17, 15) is 9.59 Å². The van der Waals surface area contributed by atoms with Gasteiger partial charge in [0.1, 0.15) is 13.2 Å². The van der Waals surface area contributed by atoms with Crippen LogP contribution in [0, 0.1) is 5.41 Å². The van der Waals surface area contributed by atoms with Crippen molar-refractivity contribution in [2.24, 2.45) is 5.41 Å². The van der Waals surface area contributed by atoms with Gasteiger partial charge < -0.3 is 9.47 Å². The van der Waals surface area contributed by atoms with Crippen LogP contribution in [0.25, 0.3) is 0 Å². The Morgan fingerprint density at radius 1 is 0.846 bits per heavy atom. The molecular formula is C22H22O4. The Morgan fingerprint density at radius 3 is 1.69 bits per heavy atom. The summed E-state index contributed by atoms with van der Waals surface area (Å²) in [7, 11) is 0. The van der Waals surface area contributed by atoms with Gasteiger partial charge in [-0.15, -0.1) is 0 Å². The predicted molar refractivity (Wildman–Crippen MR) is 97.9 cm³/mol. The number of hydrogen-bond donors (Lipinski definition) is 0. The van der Waals surface area contributed by atoms with Gasteiger partial charge in [0.15, 0.2) is 5.41 Å². The van der Waals surface area contributed by atoms with E-state index < -0.39 is 17.4 Å². The summed E-state index contributed by atoms with van der Waals surface area (Å²) in [5.41, 5.74) is 1.50. The summed E-state index contributed by atoms with van der Waals surface area (Å²) in [5.74, 6) is -1.04. The van der Waals surface area contributed by atoms with Crippen LogP contribution in [-0.4, -0.2) is 11.9 Å². The maximum atomic E-state index is 12.8. The zero-order chi connectivity index (χ0) is 18.4. The van der Waals surface area contributed by atoms with Crippen molar-refractivity contribution < 1.29 is 19.1 Å². The molecule has 0 radical (unpaired) electrons. The highest BCUT2D eigenvalue weighted by atomic mass is 16.6. The van der Waals surface area contributed by atoms with E-state index in [1.54, 1.807) is 0 Å². The normalized spacial score (nSPS) is 15.2. The molecule has 0 saturated heterocycles. The van der Waals surface area contributed by atoms with E-state index in [1.165, 1.54) is 0 Å². The van der Waals surface area contributed by atoms with Crippen LogP contribution in [0.4, 0.5) is 0 Å². The average Bonchev–Trinajstić information content (AvgIpc) is 3.09. The smallest absolute Gasteiger partial charge is 0.324 e. The molecule has 0 aromatic heterocycles. The third-order valence-corrected chi connectivity index (χ3v) is 4.59. The van der Waals surface area contributed by atoms with Crippen molar-refractivity contribution in [1.82, 2.24) is 0 Å². The lowest BCUT2D eigenvalue weighted by atomic mass is 9.84. The number of benzene rings is 2. The minimum Gasteiger partial charge on any atom is -0.460 e. The third kappa shape index (κ3) is 4.02. The largest absolute Gasteiger partial charge is 0.460 e. The highest BCUT2D eigenvalue weighted by Crippen LogP contribution is 2.40. The molecule has 0 fully saturated rings. The molecule has 3 rings (SSSR count). The first-order valence-corrected chi connectivity index (χ1v) is 8.68. The lowest BCUT2D eigenvalue weighted by Crippen LogP contribution is -2.40. The predicted octanol–water partition coefficient (Wildman–Crippen LogP) is 4.20. The lowest BCUT2D eigenvalue weighted by molar-refractivity contribution is -0.173. The highest BCUT2D eigenvalue weighted by molar-refractivity contribution is 6.01. The van der Waals surface area contributed by atoms with E-state index in [1.807, 2.05) is 73.7 Å². The Bertz CT molecular complexity index is 738. The number of ether oxygens (including phenoxy) is 2. The second kappa shape index (κ2) is 8.00. The molecule has 0 amide bonds. The highest BCUT2D eigenvalue weighted by Gasteiger charge is 2.50. The van der Waals surface area contributed by atoms with Gasteiger partial charge in [0.05, 0.1) is 0 Å². The number of hydrogen-bond acceptors (Lipinski definition) is 4. The molecule has 1 aliphatic rings. The van der Waals surface area contributed by atoms with Crippen molar-refractivity contribution in [3.8, 4) is 0 Å².